The number of hydrogen-bond acceptors (Lipinski definition) is 4. The fourth-order valence-corrected chi connectivity index (χ4v) is 4.78. The lowest BCUT2D eigenvalue weighted by Gasteiger charge is -2.30. The maximum atomic E-state index is 9.26. The zero-order valence-electron chi connectivity index (χ0n) is 18.9. The third-order valence-electron chi connectivity index (χ3n) is 6.49. The first-order chi connectivity index (χ1) is 14.3. The zero-order chi connectivity index (χ0) is 21.6. The van der Waals surface area contributed by atoms with Crippen LogP contribution in [0.25, 0.3) is 16.7 Å². The fourth-order valence-electron chi connectivity index (χ4n) is 4.78. The Morgan fingerprint density at radius 1 is 1.03 bits per heavy atom. The summed E-state index contributed by atoms with van der Waals surface area (Å²) in [5.74, 6) is 1.96. The third-order valence-corrected chi connectivity index (χ3v) is 6.49. The number of aromatic nitrogens is 3. The van der Waals surface area contributed by atoms with Gasteiger partial charge in [-0.2, -0.15) is 5.26 Å². The predicted molar refractivity (Wildman–Crippen MR) is 124 cm³/mol. The van der Waals surface area contributed by atoms with E-state index in [1.807, 2.05) is 6.92 Å². The topological polar surface area (TPSA) is 57.7 Å². The van der Waals surface area contributed by atoms with Crippen molar-refractivity contribution in [2.45, 2.75) is 54.3 Å². The minimum absolute atomic E-state index is 0.159. The highest BCUT2D eigenvalue weighted by Gasteiger charge is 2.26. The van der Waals surface area contributed by atoms with Crippen molar-refractivity contribution in [3.63, 3.8) is 0 Å². The van der Waals surface area contributed by atoms with Crippen LogP contribution >= 0.6 is 0 Å². The van der Waals surface area contributed by atoms with Crippen molar-refractivity contribution in [3.8, 4) is 11.8 Å². The lowest BCUT2D eigenvalue weighted by atomic mass is 9.72. The van der Waals surface area contributed by atoms with Gasteiger partial charge in [0.25, 0.3) is 0 Å². The summed E-state index contributed by atoms with van der Waals surface area (Å²) in [4.78, 5) is 12.1. The molecule has 0 unspecified atom stereocenters. The van der Waals surface area contributed by atoms with Gasteiger partial charge in [0, 0.05) is 24.7 Å². The maximum absolute atomic E-state index is 9.26. The predicted octanol–water partition coefficient (Wildman–Crippen LogP) is 4.08. The van der Waals surface area contributed by atoms with Gasteiger partial charge < -0.3 is 4.90 Å². The second kappa shape index (κ2) is 7.79. The number of nitrogens with zero attached hydrogens (tertiary/aromatic N) is 5. The Hall–Kier alpha value is -2.81. The minimum Gasteiger partial charge on any atom is -0.356 e. The van der Waals surface area contributed by atoms with Gasteiger partial charge in [0.2, 0.25) is 0 Å². The number of piperidine rings is 1. The van der Waals surface area contributed by atoms with Crippen molar-refractivity contribution in [3.05, 3.63) is 40.3 Å². The number of rotatable bonds is 3. The molecule has 0 saturated carbocycles. The Bertz CT molecular complexity index is 1140. The molecule has 1 aliphatic rings. The van der Waals surface area contributed by atoms with E-state index >= 15 is 0 Å². The van der Waals surface area contributed by atoms with Crippen molar-refractivity contribution in [1.29, 1.82) is 5.26 Å². The lowest BCUT2D eigenvalue weighted by molar-refractivity contribution is 0.485. The Kier molecular flexibility index (Phi) is 5.32. The van der Waals surface area contributed by atoms with Gasteiger partial charge in [0.15, 0.2) is 5.65 Å². The molecule has 4 rings (SSSR count). The number of hydrogen-bond donors (Lipinski definition) is 0. The first-order valence-corrected chi connectivity index (χ1v) is 10.8. The SMILES string of the molecule is C[B]c1cc(C)c(-n2c(C)c(C)c3c(N4CCC(C#N)CC4)nc(C)nc32)c(C)c1. The highest BCUT2D eigenvalue weighted by atomic mass is 15.2. The number of anilines is 1. The largest absolute Gasteiger partial charge is 0.356 e. The summed E-state index contributed by atoms with van der Waals surface area (Å²) < 4.78 is 2.31. The molecule has 2 aromatic heterocycles. The molecule has 3 heterocycles. The fraction of sp³-hybridized carbons (Fsp3) is 0.458. The van der Waals surface area contributed by atoms with E-state index < -0.39 is 0 Å². The summed E-state index contributed by atoms with van der Waals surface area (Å²) in [5, 5.41) is 10.4. The highest BCUT2D eigenvalue weighted by molar-refractivity contribution is 6.52. The second-order valence-corrected chi connectivity index (χ2v) is 8.52. The van der Waals surface area contributed by atoms with Crippen LogP contribution in [0.5, 0.6) is 0 Å². The van der Waals surface area contributed by atoms with Crippen LogP contribution < -0.4 is 10.4 Å². The van der Waals surface area contributed by atoms with Crippen LogP contribution in [0.4, 0.5) is 5.82 Å². The van der Waals surface area contributed by atoms with E-state index in [0.29, 0.717) is 0 Å². The van der Waals surface area contributed by atoms with Crippen LogP contribution in [-0.2, 0) is 0 Å². The van der Waals surface area contributed by atoms with E-state index in [1.54, 1.807) is 0 Å². The quantitative estimate of drug-likeness (QED) is 0.624. The molecule has 0 spiro atoms. The van der Waals surface area contributed by atoms with Crippen LogP contribution in [0.2, 0.25) is 6.82 Å². The minimum atomic E-state index is 0.159. The number of benzene rings is 1. The van der Waals surface area contributed by atoms with Crippen LogP contribution in [0.15, 0.2) is 12.1 Å². The van der Waals surface area contributed by atoms with Crippen LogP contribution in [0.3, 0.4) is 0 Å². The molecule has 0 bridgehead atoms. The van der Waals surface area contributed by atoms with Gasteiger partial charge in [-0.1, -0.05) is 24.4 Å². The summed E-state index contributed by atoms with van der Waals surface area (Å²) in [6, 6.07) is 6.91. The Morgan fingerprint density at radius 2 is 1.67 bits per heavy atom. The monoisotopic (exact) mass is 398 g/mol. The smallest absolute Gasteiger partial charge is 0.150 e. The van der Waals surface area contributed by atoms with E-state index in [0.717, 1.165) is 48.6 Å². The molecule has 0 N–H and O–H groups in total. The maximum Gasteiger partial charge on any atom is 0.150 e. The Balaban J connectivity index is 1.94. The average Bonchev–Trinajstić information content (AvgIpc) is 2.97. The van der Waals surface area contributed by atoms with Gasteiger partial charge in [-0.3, -0.25) is 4.57 Å². The van der Waals surface area contributed by atoms with E-state index in [9.17, 15) is 5.26 Å². The molecule has 0 amide bonds. The molecule has 1 aromatic carbocycles. The molecule has 1 aliphatic heterocycles. The van der Waals surface area contributed by atoms with Crippen LogP contribution in [-0.4, -0.2) is 34.9 Å². The molecule has 1 saturated heterocycles. The molecular formula is C24H29BN5. The second-order valence-electron chi connectivity index (χ2n) is 8.52. The number of aryl methyl sites for hydroxylation is 4. The van der Waals surface area contributed by atoms with Gasteiger partial charge in [0.05, 0.1) is 17.1 Å². The van der Waals surface area contributed by atoms with Crippen molar-refractivity contribution in [2.24, 2.45) is 5.92 Å². The van der Waals surface area contributed by atoms with Gasteiger partial charge >= 0.3 is 0 Å². The molecule has 5 nitrogen and oxygen atoms in total. The van der Waals surface area contributed by atoms with E-state index in [4.69, 9.17) is 9.97 Å². The molecule has 153 valence electrons. The number of nitriles is 1. The lowest BCUT2D eigenvalue weighted by Crippen LogP contribution is -2.34. The Morgan fingerprint density at radius 3 is 2.23 bits per heavy atom. The summed E-state index contributed by atoms with van der Waals surface area (Å²) in [6.07, 6.45) is 1.79. The molecule has 6 heteroatoms. The molecule has 3 aromatic rings. The molecule has 1 fully saturated rings. The molecule has 0 atom stereocenters. The van der Waals surface area contributed by atoms with Crippen molar-refractivity contribution >= 4 is 29.6 Å². The third kappa shape index (κ3) is 3.27. The Labute approximate surface area is 180 Å². The van der Waals surface area contributed by atoms with E-state index in [1.165, 1.54) is 33.5 Å². The van der Waals surface area contributed by atoms with Crippen LogP contribution in [0, 0.1) is 51.9 Å². The standard InChI is InChI=1S/C24H29BN5/c1-14-11-20(25-6)12-15(2)22(14)30-17(4)16(3)21-23(27-18(5)28-24(21)30)29-9-7-19(13-26)8-10-29/h11-12,19H,7-10H2,1-6H3. The summed E-state index contributed by atoms with van der Waals surface area (Å²) >= 11 is 0. The highest BCUT2D eigenvalue weighted by Crippen LogP contribution is 2.36. The molecular weight excluding hydrogens is 369 g/mol. The summed E-state index contributed by atoms with van der Waals surface area (Å²) in [7, 11) is 2.14. The first kappa shape index (κ1) is 20.5. The summed E-state index contributed by atoms with van der Waals surface area (Å²) in [6.45, 7) is 14.5. The van der Waals surface area contributed by atoms with Crippen molar-refractivity contribution < 1.29 is 0 Å². The van der Waals surface area contributed by atoms with Gasteiger partial charge in [0.1, 0.15) is 18.9 Å². The normalized spacial score (nSPS) is 14.9. The van der Waals surface area contributed by atoms with Gasteiger partial charge in [-0.05, 0) is 64.2 Å². The van der Waals surface area contributed by atoms with E-state index in [2.05, 4.69) is 69.5 Å². The average molecular weight is 398 g/mol. The van der Waals surface area contributed by atoms with Crippen molar-refractivity contribution in [2.75, 3.05) is 18.0 Å². The van der Waals surface area contributed by atoms with Gasteiger partial charge in [-0.25, -0.2) is 9.97 Å². The van der Waals surface area contributed by atoms with Gasteiger partial charge in [-0.15, -0.1) is 0 Å². The van der Waals surface area contributed by atoms with Crippen LogP contribution in [0.1, 0.15) is 41.1 Å². The zero-order valence-corrected chi connectivity index (χ0v) is 18.9. The molecule has 30 heavy (non-hydrogen) atoms. The molecule has 0 aliphatic carbocycles. The number of fused-ring (bicyclic) bond motifs is 1. The first-order valence-electron chi connectivity index (χ1n) is 10.8. The van der Waals surface area contributed by atoms with Crippen molar-refractivity contribution in [1.82, 2.24) is 14.5 Å². The molecule has 1 radical (unpaired) electrons. The van der Waals surface area contributed by atoms with E-state index in [-0.39, 0.29) is 5.92 Å². The summed E-state index contributed by atoms with van der Waals surface area (Å²) in [5.41, 5.74) is 8.36.